The molecule has 1 rings (SSSR count). The first-order chi connectivity index (χ1) is 10.7. The molecular weight excluding hydrogens is 419 g/mol. The van der Waals surface area contributed by atoms with Gasteiger partial charge < -0.3 is 14.3 Å². The second-order valence-electron chi connectivity index (χ2n) is 7.19. The van der Waals surface area contributed by atoms with Crippen LogP contribution in [0.15, 0.2) is 18.2 Å². The average Bonchev–Trinajstić information content (AvgIpc) is 2.45. The summed E-state index contributed by atoms with van der Waals surface area (Å²) in [6.45, 7) is 11.9. The molecule has 5 heteroatoms. The molecule has 0 fully saturated rings. The van der Waals surface area contributed by atoms with E-state index in [1.165, 1.54) is 0 Å². The van der Waals surface area contributed by atoms with Crippen LogP contribution in [-0.4, -0.2) is 26.3 Å². The zero-order valence-electron chi connectivity index (χ0n) is 15.1. The van der Waals surface area contributed by atoms with Gasteiger partial charge in [-0.25, -0.2) is 0 Å². The van der Waals surface area contributed by atoms with Crippen LogP contribution in [-0.2, 0) is 0 Å². The Morgan fingerprint density at radius 1 is 1.13 bits per heavy atom. The first-order valence-electron chi connectivity index (χ1n) is 8.45. The van der Waals surface area contributed by atoms with Gasteiger partial charge in [0, 0.05) is 6.07 Å². The number of hydrogen-bond donors (Lipinski definition) is 1. The van der Waals surface area contributed by atoms with Crippen molar-refractivity contribution >= 4 is 30.9 Å². The van der Waals surface area contributed by atoms with Crippen LogP contribution in [0.4, 0.5) is 0 Å². The number of benzene rings is 1. The maximum Gasteiger partial charge on any atom is 0.188 e. The SMILES string of the molecule is CCCCOc1ccc(I)c(OCCCC(C)(C)[Si](C)(C)O)c1. The van der Waals surface area contributed by atoms with E-state index in [0.29, 0.717) is 6.61 Å². The summed E-state index contributed by atoms with van der Waals surface area (Å²) < 4.78 is 12.8. The Hall–Kier alpha value is -0.273. The fourth-order valence-electron chi connectivity index (χ4n) is 2.02. The van der Waals surface area contributed by atoms with Crippen molar-refractivity contribution in [1.29, 1.82) is 0 Å². The van der Waals surface area contributed by atoms with Gasteiger partial charge in [-0.15, -0.1) is 0 Å². The zero-order valence-corrected chi connectivity index (χ0v) is 18.3. The summed E-state index contributed by atoms with van der Waals surface area (Å²) in [7, 11) is -2.13. The molecule has 1 aromatic rings. The van der Waals surface area contributed by atoms with Crippen LogP contribution >= 0.6 is 22.6 Å². The van der Waals surface area contributed by atoms with Crippen LogP contribution in [0.5, 0.6) is 11.5 Å². The van der Waals surface area contributed by atoms with Crippen molar-refractivity contribution < 1.29 is 14.3 Å². The highest BCUT2D eigenvalue weighted by atomic mass is 127. The molecule has 132 valence electrons. The molecule has 0 aliphatic heterocycles. The van der Waals surface area contributed by atoms with Crippen molar-refractivity contribution in [3.8, 4) is 11.5 Å². The van der Waals surface area contributed by atoms with Gasteiger partial charge >= 0.3 is 0 Å². The Morgan fingerprint density at radius 2 is 1.78 bits per heavy atom. The topological polar surface area (TPSA) is 38.7 Å². The van der Waals surface area contributed by atoms with Crippen molar-refractivity contribution in [3.05, 3.63) is 21.8 Å². The second-order valence-corrected chi connectivity index (χ2v) is 12.8. The number of unbranched alkanes of at least 4 members (excludes halogenated alkanes) is 1. The lowest BCUT2D eigenvalue weighted by molar-refractivity contribution is 0.284. The third-order valence-electron chi connectivity index (χ3n) is 4.53. The molecule has 0 amide bonds. The normalized spacial score (nSPS) is 12.3. The molecule has 0 saturated carbocycles. The van der Waals surface area contributed by atoms with E-state index in [1.54, 1.807) is 0 Å². The number of ether oxygens (including phenoxy) is 2. The molecule has 1 N–H and O–H groups in total. The second kappa shape index (κ2) is 9.27. The molecule has 0 atom stereocenters. The van der Waals surface area contributed by atoms with E-state index in [0.717, 1.165) is 47.4 Å². The molecule has 1 aromatic carbocycles. The van der Waals surface area contributed by atoms with Gasteiger partial charge in [0.2, 0.25) is 0 Å². The van der Waals surface area contributed by atoms with Crippen LogP contribution < -0.4 is 9.47 Å². The van der Waals surface area contributed by atoms with Gasteiger partial charge in [-0.1, -0.05) is 27.2 Å². The summed E-state index contributed by atoms with van der Waals surface area (Å²) in [5.41, 5.74) is 0. The Balaban J connectivity index is 2.49. The van der Waals surface area contributed by atoms with Gasteiger partial charge in [-0.05, 0) is 72.1 Å². The van der Waals surface area contributed by atoms with Gasteiger partial charge in [0.15, 0.2) is 8.32 Å². The van der Waals surface area contributed by atoms with E-state index in [9.17, 15) is 4.80 Å². The van der Waals surface area contributed by atoms with E-state index in [1.807, 2.05) is 31.3 Å². The summed E-state index contributed by atoms with van der Waals surface area (Å²) in [5, 5.41) is 0.00856. The highest BCUT2D eigenvalue weighted by molar-refractivity contribution is 14.1. The van der Waals surface area contributed by atoms with Crippen molar-refractivity contribution in [2.24, 2.45) is 0 Å². The number of halogens is 1. The predicted molar refractivity (Wildman–Crippen MR) is 108 cm³/mol. The summed E-state index contributed by atoms with van der Waals surface area (Å²) in [6.07, 6.45) is 4.12. The summed E-state index contributed by atoms with van der Waals surface area (Å²) >= 11 is 2.29. The highest BCUT2D eigenvalue weighted by Gasteiger charge is 2.37. The molecule has 0 radical (unpaired) electrons. The standard InChI is InChI=1S/C18H31IO3Si/c1-6-7-12-21-15-9-10-16(19)17(14-15)22-13-8-11-18(2,3)23(4,5)20/h9-10,14,20H,6-8,11-13H2,1-5H3. The lowest BCUT2D eigenvalue weighted by Crippen LogP contribution is -2.39. The molecule has 0 spiro atoms. The van der Waals surface area contributed by atoms with Gasteiger partial charge in [0.25, 0.3) is 0 Å². The summed E-state index contributed by atoms with van der Waals surface area (Å²) in [6, 6.07) is 6.01. The minimum atomic E-state index is -2.13. The van der Waals surface area contributed by atoms with Crippen molar-refractivity contribution in [2.45, 2.75) is 64.6 Å². The molecule has 0 aromatic heterocycles. The average molecular weight is 450 g/mol. The van der Waals surface area contributed by atoms with Crippen LogP contribution in [0.2, 0.25) is 18.1 Å². The van der Waals surface area contributed by atoms with E-state index < -0.39 is 8.32 Å². The molecule has 0 saturated heterocycles. The maximum atomic E-state index is 10.3. The first kappa shape index (κ1) is 20.8. The monoisotopic (exact) mass is 450 g/mol. The molecular formula is C18H31IO3Si. The van der Waals surface area contributed by atoms with E-state index >= 15 is 0 Å². The third kappa shape index (κ3) is 7.01. The number of hydrogen-bond acceptors (Lipinski definition) is 3. The Labute approximate surface area is 156 Å². The largest absolute Gasteiger partial charge is 0.493 e. The highest BCUT2D eigenvalue weighted by Crippen LogP contribution is 2.39. The third-order valence-corrected chi connectivity index (χ3v) is 8.98. The molecule has 0 aliphatic carbocycles. The Bertz CT molecular complexity index is 484. The lowest BCUT2D eigenvalue weighted by Gasteiger charge is -2.35. The molecule has 0 bridgehead atoms. The number of rotatable bonds is 10. The van der Waals surface area contributed by atoms with Gasteiger partial charge in [0.1, 0.15) is 11.5 Å². The van der Waals surface area contributed by atoms with Gasteiger partial charge in [0.05, 0.1) is 16.8 Å². The van der Waals surface area contributed by atoms with Gasteiger partial charge in [-0.2, -0.15) is 0 Å². The fourth-order valence-corrected chi connectivity index (χ4v) is 3.30. The smallest absolute Gasteiger partial charge is 0.188 e. The van der Waals surface area contributed by atoms with E-state index in [2.05, 4.69) is 43.4 Å². The quantitative estimate of drug-likeness (QED) is 0.286. The Morgan fingerprint density at radius 3 is 2.39 bits per heavy atom. The van der Waals surface area contributed by atoms with Crippen molar-refractivity contribution in [2.75, 3.05) is 13.2 Å². The minimum absolute atomic E-state index is 0.00856. The van der Waals surface area contributed by atoms with E-state index in [4.69, 9.17) is 9.47 Å². The van der Waals surface area contributed by atoms with Crippen LogP contribution in [0.25, 0.3) is 0 Å². The summed E-state index contributed by atoms with van der Waals surface area (Å²) in [4.78, 5) is 10.3. The molecule has 0 aliphatic rings. The summed E-state index contributed by atoms with van der Waals surface area (Å²) in [5.74, 6) is 1.76. The minimum Gasteiger partial charge on any atom is -0.493 e. The molecule has 0 heterocycles. The fraction of sp³-hybridized carbons (Fsp3) is 0.667. The zero-order chi connectivity index (χ0) is 17.5. The first-order valence-corrected chi connectivity index (χ1v) is 12.5. The van der Waals surface area contributed by atoms with Crippen molar-refractivity contribution in [1.82, 2.24) is 0 Å². The van der Waals surface area contributed by atoms with Crippen LogP contribution in [0, 0.1) is 3.57 Å². The lowest BCUT2D eigenvalue weighted by atomic mass is 10.1. The van der Waals surface area contributed by atoms with Crippen LogP contribution in [0.1, 0.15) is 46.5 Å². The van der Waals surface area contributed by atoms with E-state index in [-0.39, 0.29) is 5.04 Å². The Kier molecular flexibility index (Phi) is 8.37. The predicted octanol–water partition coefficient (Wildman–Crippen LogP) is 5.61. The van der Waals surface area contributed by atoms with Crippen LogP contribution in [0.3, 0.4) is 0 Å². The molecule has 23 heavy (non-hydrogen) atoms. The van der Waals surface area contributed by atoms with Crippen molar-refractivity contribution in [3.63, 3.8) is 0 Å². The molecule has 0 unspecified atom stereocenters. The van der Waals surface area contributed by atoms with Gasteiger partial charge in [-0.3, -0.25) is 0 Å². The molecule has 3 nitrogen and oxygen atoms in total. The maximum absolute atomic E-state index is 10.3.